The summed E-state index contributed by atoms with van der Waals surface area (Å²) in [4.78, 5) is 69.7. The van der Waals surface area contributed by atoms with Crippen molar-refractivity contribution >= 4 is 31.4 Å². The van der Waals surface area contributed by atoms with Crippen molar-refractivity contribution in [3.8, 4) is 0 Å². The molecule has 278 valence electrons. The first-order valence-electron chi connectivity index (χ1n) is 18.2. The van der Waals surface area contributed by atoms with Gasteiger partial charge in [-0.3, -0.25) is 19.1 Å². The Morgan fingerprint density at radius 3 is 2.48 bits per heavy atom. The van der Waals surface area contributed by atoms with Crippen LogP contribution in [0.15, 0.2) is 18.2 Å². The average Bonchev–Trinajstić information content (AvgIpc) is 3.35. The molecule has 4 aliphatic rings. The van der Waals surface area contributed by atoms with Crippen LogP contribution in [-0.4, -0.2) is 81.0 Å². The molecule has 3 aliphatic heterocycles. The zero-order valence-electron chi connectivity index (χ0n) is 31.0. The van der Waals surface area contributed by atoms with Gasteiger partial charge in [0.25, 0.3) is 0 Å². The maximum atomic E-state index is 14.5. The zero-order chi connectivity index (χ0) is 36.8. The van der Waals surface area contributed by atoms with E-state index in [1.165, 1.54) is 10.5 Å². The number of carbonyl (C=O) groups excluding carboxylic acids is 4. The smallest absolute Gasteiger partial charge is 0.410 e. The van der Waals surface area contributed by atoms with Crippen LogP contribution in [0.3, 0.4) is 0 Å². The number of amides is 4. The van der Waals surface area contributed by atoms with Gasteiger partial charge in [-0.15, -0.1) is 0 Å². The van der Waals surface area contributed by atoms with Crippen molar-refractivity contribution in [1.82, 2.24) is 20.4 Å². The Balaban J connectivity index is 1.46. The predicted octanol–water partition coefficient (Wildman–Crippen LogP) is 5.92. The Bertz CT molecular complexity index is 1540. The topological polar surface area (TPSA) is 155 Å². The number of ether oxygens (including phenoxy) is 2. The molecule has 5 rings (SSSR count). The Kier molecular flexibility index (Phi) is 10.8. The second kappa shape index (κ2) is 14.1. The summed E-state index contributed by atoms with van der Waals surface area (Å²) in [6.45, 7) is 15.7. The number of fused-ring (bicyclic) bond motifs is 3. The highest BCUT2D eigenvalue weighted by Gasteiger charge is 2.67. The molecule has 1 aliphatic carbocycles. The number of rotatable bonds is 5. The largest absolute Gasteiger partial charge is 0.449 e. The SMILES string of the molecule is CC[C@@H]1C[C@]1(NC(=O)[C@@H]1C[C@@H]2CN1C(=O)[C@H](C(C)(C)C)NC(=O)OCC(C)(C)CCCCc1cccc3c1CN(C3)C(=O)O2)P(=O)(O)C(C)C. The molecular weight excluding hydrogens is 659 g/mol. The van der Waals surface area contributed by atoms with Gasteiger partial charge in [0.05, 0.1) is 13.2 Å². The van der Waals surface area contributed by atoms with E-state index in [9.17, 15) is 28.6 Å². The van der Waals surface area contributed by atoms with E-state index in [0.717, 1.165) is 36.8 Å². The molecule has 1 unspecified atom stereocenters. The lowest BCUT2D eigenvalue weighted by Gasteiger charge is -2.36. The number of alkyl carbamates (subject to hydrolysis) is 1. The number of cyclic esters (lactones) is 1. The van der Waals surface area contributed by atoms with Crippen LogP contribution >= 0.6 is 7.37 Å². The molecule has 12 nitrogen and oxygen atoms in total. The maximum absolute atomic E-state index is 14.5. The number of carbonyl (C=O) groups is 4. The highest BCUT2D eigenvalue weighted by atomic mass is 31.2. The molecule has 50 heavy (non-hydrogen) atoms. The van der Waals surface area contributed by atoms with Crippen molar-refractivity contribution in [2.45, 2.75) is 143 Å². The van der Waals surface area contributed by atoms with Crippen LogP contribution in [0.4, 0.5) is 9.59 Å². The minimum atomic E-state index is -3.84. The Hall–Kier alpha value is -3.11. The molecule has 0 aromatic heterocycles. The molecule has 3 heterocycles. The van der Waals surface area contributed by atoms with Crippen molar-refractivity contribution in [3.63, 3.8) is 0 Å². The van der Waals surface area contributed by atoms with Gasteiger partial charge in [-0.1, -0.05) is 86.4 Å². The van der Waals surface area contributed by atoms with E-state index in [0.29, 0.717) is 25.9 Å². The number of nitrogens with one attached hydrogen (secondary N) is 2. The Morgan fingerprint density at radius 1 is 1.14 bits per heavy atom. The van der Waals surface area contributed by atoms with E-state index in [1.54, 1.807) is 18.7 Å². The van der Waals surface area contributed by atoms with Gasteiger partial charge in [-0.2, -0.15) is 0 Å². The quantitative estimate of drug-likeness (QED) is 0.317. The monoisotopic (exact) mass is 716 g/mol. The molecule has 13 heteroatoms. The Morgan fingerprint density at radius 2 is 1.84 bits per heavy atom. The van der Waals surface area contributed by atoms with Gasteiger partial charge in [0.15, 0.2) is 0 Å². The minimum absolute atomic E-state index is 0.00906. The molecule has 2 fully saturated rings. The molecule has 0 spiro atoms. The summed E-state index contributed by atoms with van der Waals surface area (Å²) < 4.78 is 25.4. The summed E-state index contributed by atoms with van der Waals surface area (Å²) in [7, 11) is -3.84. The molecule has 0 radical (unpaired) electrons. The fourth-order valence-corrected chi connectivity index (χ4v) is 10.2. The lowest BCUT2D eigenvalue weighted by Crippen LogP contribution is -2.58. The molecule has 1 saturated heterocycles. The molecule has 1 aromatic rings. The van der Waals surface area contributed by atoms with E-state index in [2.05, 4.69) is 30.5 Å². The van der Waals surface area contributed by atoms with E-state index in [4.69, 9.17) is 9.47 Å². The van der Waals surface area contributed by atoms with Crippen molar-refractivity contribution in [1.29, 1.82) is 0 Å². The number of hydrogen-bond acceptors (Lipinski definition) is 7. The molecule has 4 bridgehead atoms. The molecule has 1 saturated carbocycles. The van der Waals surface area contributed by atoms with Crippen LogP contribution in [0.2, 0.25) is 0 Å². The minimum Gasteiger partial charge on any atom is -0.449 e. The second-order valence-corrected chi connectivity index (χ2v) is 20.1. The van der Waals surface area contributed by atoms with Gasteiger partial charge >= 0.3 is 12.2 Å². The Labute approximate surface area is 296 Å². The summed E-state index contributed by atoms with van der Waals surface area (Å²) in [5.41, 5.74) is 1.77. The number of nitrogens with zero attached hydrogens (tertiary/aromatic N) is 2. The molecule has 6 atom stereocenters. The van der Waals surface area contributed by atoms with Gasteiger partial charge < -0.3 is 29.9 Å². The standard InChI is InChI=1S/C37H57N4O8P/c1-9-26-18-37(26,50(46,47)23(2)3)39-31(42)29-17-27-20-41(29)32(43)30(35(4,5)6)38-33(44)48-22-36(7,8)16-11-10-13-24-14-12-15-25-19-40(21-28(24)25)34(45)49-27/h12,14-15,23,26-27,29-30H,9-11,13,16-22H2,1-8H3,(H,38,44)(H,39,42)(H,46,47)/t26-,27-,29+,30-,37+/m1/s1. The third-order valence-electron chi connectivity index (χ3n) is 11.2. The third kappa shape index (κ3) is 7.71. The van der Waals surface area contributed by atoms with Crippen LogP contribution in [0, 0.1) is 16.7 Å². The van der Waals surface area contributed by atoms with E-state index < -0.39 is 65.9 Å². The normalized spacial score (nSPS) is 30.2. The summed E-state index contributed by atoms with van der Waals surface area (Å²) in [5.74, 6) is -1.27. The van der Waals surface area contributed by atoms with Crippen molar-refractivity contribution in [2.24, 2.45) is 16.7 Å². The van der Waals surface area contributed by atoms with Crippen LogP contribution in [0.5, 0.6) is 0 Å². The van der Waals surface area contributed by atoms with Crippen LogP contribution in [0.25, 0.3) is 0 Å². The highest BCUT2D eigenvalue weighted by molar-refractivity contribution is 7.60. The van der Waals surface area contributed by atoms with Gasteiger partial charge in [0.2, 0.25) is 19.2 Å². The second-order valence-electron chi connectivity index (χ2n) is 17.0. The van der Waals surface area contributed by atoms with Crippen LogP contribution in [0.1, 0.15) is 111 Å². The average molecular weight is 717 g/mol. The van der Waals surface area contributed by atoms with Gasteiger partial charge in [0, 0.05) is 25.2 Å². The fraction of sp³-hybridized carbons (Fsp3) is 0.730. The first kappa shape index (κ1) is 38.1. The summed E-state index contributed by atoms with van der Waals surface area (Å²) >= 11 is 0. The summed E-state index contributed by atoms with van der Waals surface area (Å²) in [5, 5.41) is 4.43. The first-order chi connectivity index (χ1) is 23.3. The molecule has 4 amide bonds. The van der Waals surface area contributed by atoms with Gasteiger partial charge in [0.1, 0.15) is 23.5 Å². The maximum Gasteiger partial charge on any atom is 0.410 e. The van der Waals surface area contributed by atoms with Crippen LogP contribution < -0.4 is 10.6 Å². The summed E-state index contributed by atoms with van der Waals surface area (Å²) in [6.07, 6.45) is 2.49. The van der Waals surface area contributed by atoms with Crippen LogP contribution in [-0.2, 0) is 43.1 Å². The van der Waals surface area contributed by atoms with Crippen molar-refractivity contribution in [3.05, 3.63) is 34.9 Å². The lowest BCUT2D eigenvalue weighted by atomic mass is 9.85. The zero-order valence-corrected chi connectivity index (χ0v) is 31.9. The number of benzene rings is 1. The number of aryl methyl sites for hydroxylation is 1. The van der Waals surface area contributed by atoms with Gasteiger partial charge in [-0.05, 0) is 59.1 Å². The molecule has 1 aromatic carbocycles. The molecular formula is C37H57N4O8P. The third-order valence-corrected chi connectivity index (χ3v) is 14.4. The highest BCUT2D eigenvalue weighted by Crippen LogP contribution is 2.72. The molecule has 3 N–H and O–H groups in total. The fourth-order valence-electron chi connectivity index (χ4n) is 7.85. The van der Waals surface area contributed by atoms with E-state index in [-0.39, 0.29) is 30.9 Å². The van der Waals surface area contributed by atoms with Crippen molar-refractivity contribution in [2.75, 3.05) is 13.2 Å². The number of hydrogen-bond donors (Lipinski definition) is 3. The lowest BCUT2D eigenvalue weighted by molar-refractivity contribution is -0.142. The van der Waals surface area contributed by atoms with E-state index in [1.807, 2.05) is 39.8 Å². The van der Waals surface area contributed by atoms with Crippen molar-refractivity contribution < 1.29 is 38.1 Å². The summed E-state index contributed by atoms with van der Waals surface area (Å²) in [6, 6.07) is 3.99. The first-order valence-corrected chi connectivity index (χ1v) is 20.0. The predicted molar refractivity (Wildman–Crippen MR) is 189 cm³/mol. The van der Waals surface area contributed by atoms with Gasteiger partial charge in [-0.25, -0.2) is 9.59 Å². The van der Waals surface area contributed by atoms with E-state index >= 15 is 0 Å².